The molecule has 0 aliphatic heterocycles. The second-order valence-corrected chi connectivity index (χ2v) is 6.10. The van der Waals surface area contributed by atoms with E-state index in [0.29, 0.717) is 23.1 Å². The van der Waals surface area contributed by atoms with Gasteiger partial charge >= 0.3 is 0 Å². The molecule has 0 fully saturated rings. The van der Waals surface area contributed by atoms with Crippen LogP contribution in [0, 0.1) is 5.82 Å². The largest absolute Gasteiger partial charge is 0.496 e. The van der Waals surface area contributed by atoms with Gasteiger partial charge in [-0.25, -0.2) is 14.4 Å². The average molecular weight is 356 g/mol. The van der Waals surface area contributed by atoms with Gasteiger partial charge in [0.2, 0.25) is 5.95 Å². The van der Waals surface area contributed by atoms with Gasteiger partial charge in [0.05, 0.1) is 12.7 Å². The molecule has 0 aliphatic rings. The predicted molar refractivity (Wildman–Crippen MR) is 98.7 cm³/mol. The van der Waals surface area contributed by atoms with Crippen LogP contribution in [-0.2, 0) is 5.75 Å². The zero-order valence-electron chi connectivity index (χ0n) is 13.9. The van der Waals surface area contributed by atoms with Crippen molar-refractivity contribution in [2.24, 2.45) is 0 Å². The first kappa shape index (κ1) is 17.2. The molecule has 1 heterocycles. The van der Waals surface area contributed by atoms with Gasteiger partial charge in [-0.05, 0) is 42.2 Å². The van der Waals surface area contributed by atoms with Crippen LogP contribution < -0.4 is 10.1 Å². The average Bonchev–Trinajstić information content (AvgIpc) is 2.62. The number of nitrogens with zero attached hydrogens (tertiary/aromatic N) is 3. The molecule has 2 aromatic carbocycles. The van der Waals surface area contributed by atoms with E-state index in [1.165, 1.54) is 31.1 Å². The zero-order chi connectivity index (χ0) is 17.6. The van der Waals surface area contributed by atoms with Crippen LogP contribution in [-0.4, -0.2) is 28.3 Å². The molecule has 0 bridgehead atoms. The van der Waals surface area contributed by atoms with E-state index in [4.69, 9.17) is 4.74 Å². The molecular weight excluding hydrogens is 339 g/mol. The zero-order valence-corrected chi connectivity index (χ0v) is 14.7. The number of rotatable bonds is 6. The molecule has 0 saturated carbocycles. The summed E-state index contributed by atoms with van der Waals surface area (Å²) in [6, 6.07) is 12.3. The molecule has 7 heteroatoms. The van der Waals surface area contributed by atoms with Crippen molar-refractivity contribution in [3.63, 3.8) is 0 Å². The quantitative estimate of drug-likeness (QED) is 0.711. The lowest BCUT2D eigenvalue weighted by Crippen LogP contribution is -2.01. The number of halogens is 1. The Balaban J connectivity index is 1.90. The second-order valence-electron chi connectivity index (χ2n) is 5.24. The first-order valence-corrected chi connectivity index (χ1v) is 8.97. The van der Waals surface area contributed by atoms with Crippen LogP contribution in [0.15, 0.2) is 48.8 Å². The van der Waals surface area contributed by atoms with Gasteiger partial charge in [0.25, 0.3) is 0 Å². The summed E-state index contributed by atoms with van der Waals surface area (Å²) in [5.74, 6) is 1.78. The molecule has 0 aliphatic carbocycles. The summed E-state index contributed by atoms with van der Waals surface area (Å²) in [6.07, 6.45) is 3.45. The molecule has 3 rings (SSSR count). The molecule has 0 radical (unpaired) electrons. The Morgan fingerprint density at radius 1 is 1.16 bits per heavy atom. The fourth-order valence-electron chi connectivity index (χ4n) is 2.38. The fourth-order valence-corrected chi connectivity index (χ4v) is 2.89. The van der Waals surface area contributed by atoms with E-state index in [2.05, 4.69) is 32.6 Å². The summed E-state index contributed by atoms with van der Waals surface area (Å²) >= 11 is 1.76. The summed E-state index contributed by atoms with van der Waals surface area (Å²) in [5.41, 5.74) is 2.57. The molecule has 0 atom stereocenters. The highest BCUT2D eigenvalue weighted by atomic mass is 32.2. The first-order valence-electron chi connectivity index (χ1n) is 7.57. The van der Waals surface area contributed by atoms with Crippen molar-refractivity contribution in [3.05, 3.63) is 60.2 Å². The first-order chi connectivity index (χ1) is 12.2. The minimum atomic E-state index is -0.379. The molecule has 25 heavy (non-hydrogen) atoms. The van der Waals surface area contributed by atoms with E-state index in [0.717, 1.165) is 11.4 Å². The number of aromatic nitrogens is 3. The van der Waals surface area contributed by atoms with Crippen molar-refractivity contribution in [2.45, 2.75) is 5.75 Å². The van der Waals surface area contributed by atoms with E-state index < -0.39 is 0 Å². The number of hydrogen-bond donors (Lipinski definition) is 1. The van der Waals surface area contributed by atoms with Gasteiger partial charge in [0, 0.05) is 11.4 Å². The van der Waals surface area contributed by atoms with Gasteiger partial charge in [0.15, 0.2) is 5.82 Å². The molecule has 0 spiro atoms. The lowest BCUT2D eigenvalue weighted by molar-refractivity contribution is 0.415. The number of ether oxygens (including phenoxy) is 1. The normalized spacial score (nSPS) is 10.5. The maximum Gasteiger partial charge on any atom is 0.230 e. The fraction of sp³-hybridized carbons (Fsp3) is 0.167. The maximum absolute atomic E-state index is 13.6. The van der Waals surface area contributed by atoms with Crippen LogP contribution in [0.1, 0.15) is 5.56 Å². The lowest BCUT2D eigenvalue weighted by atomic mass is 10.2. The lowest BCUT2D eigenvalue weighted by Gasteiger charge is -2.09. The van der Waals surface area contributed by atoms with Crippen molar-refractivity contribution in [1.29, 1.82) is 0 Å². The summed E-state index contributed by atoms with van der Waals surface area (Å²) in [4.78, 5) is 12.7. The van der Waals surface area contributed by atoms with Gasteiger partial charge in [-0.3, -0.25) is 0 Å². The van der Waals surface area contributed by atoms with Crippen molar-refractivity contribution in [1.82, 2.24) is 15.0 Å². The predicted octanol–water partition coefficient (Wildman–Crippen LogP) is 4.29. The van der Waals surface area contributed by atoms with Crippen LogP contribution in [0.3, 0.4) is 0 Å². The van der Waals surface area contributed by atoms with Crippen molar-refractivity contribution >= 4 is 23.4 Å². The molecule has 3 aromatic rings. The minimum Gasteiger partial charge on any atom is -0.496 e. The molecule has 1 aromatic heterocycles. The van der Waals surface area contributed by atoms with E-state index >= 15 is 0 Å². The van der Waals surface area contributed by atoms with Crippen LogP contribution in [0.4, 0.5) is 16.0 Å². The number of benzene rings is 2. The van der Waals surface area contributed by atoms with Crippen molar-refractivity contribution < 1.29 is 9.13 Å². The Hall–Kier alpha value is -2.67. The highest BCUT2D eigenvalue weighted by Gasteiger charge is 2.11. The SMILES string of the molecule is COc1ccc(F)cc1-c1ncnc(Nc2cccc(CSC)c2)n1. The molecule has 5 nitrogen and oxygen atoms in total. The minimum absolute atomic E-state index is 0.342. The Morgan fingerprint density at radius 3 is 2.84 bits per heavy atom. The standard InChI is InChI=1S/C18H17FN4OS/c1-24-16-7-6-13(19)9-15(16)17-20-11-21-18(23-17)22-14-5-3-4-12(8-14)10-25-2/h3-9,11H,10H2,1-2H3,(H,20,21,22,23). The molecule has 128 valence electrons. The monoisotopic (exact) mass is 356 g/mol. The summed E-state index contributed by atoms with van der Waals surface area (Å²) in [7, 11) is 1.52. The number of nitrogens with one attached hydrogen (secondary N) is 1. The maximum atomic E-state index is 13.6. The van der Waals surface area contributed by atoms with Gasteiger partial charge in [0.1, 0.15) is 17.9 Å². The van der Waals surface area contributed by atoms with Crippen LogP contribution >= 0.6 is 11.8 Å². The molecular formula is C18H17FN4OS. The highest BCUT2D eigenvalue weighted by Crippen LogP contribution is 2.28. The van der Waals surface area contributed by atoms with E-state index in [-0.39, 0.29) is 5.82 Å². The Bertz CT molecular complexity index is 875. The van der Waals surface area contributed by atoms with Crippen LogP contribution in [0.25, 0.3) is 11.4 Å². The third-order valence-corrected chi connectivity index (χ3v) is 4.09. The number of methoxy groups -OCH3 is 1. The van der Waals surface area contributed by atoms with E-state index in [1.54, 1.807) is 17.8 Å². The van der Waals surface area contributed by atoms with Gasteiger partial charge in [-0.1, -0.05) is 12.1 Å². The molecule has 0 unspecified atom stereocenters. The number of hydrogen-bond acceptors (Lipinski definition) is 6. The summed E-state index contributed by atoms with van der Waals surface area (Å²) < 4.78 is 18.9. The second kappa shape index (κ2) is 7.94. The highest BCUT2D eigenvalue weighted by molar-refractivity contribution is 7.97. The Morgan fingerprint density at radius 2 is 2.04 bits per heavy atom. The molecule has 0 amide bonds. The third kappa shape index (κ3) is 4.24. The number of thioether (sulfide) groups is 1. The molecule has 1 N–H and O–H groups in total. The van der Waals surface area contributed by atoms with Gasteiger partial charge in [-0.15, -0.1) is 0 Å². The van der Waals surface area contributed by atoms with E-state index in [1.807, 2.05) is 18.2 Å². The summed E-state index contributed by atoms with van der Waals surface area (Å²) in [5, 5.41) is 3.16. The van der Waals surface area contributed by atoms with Crippen LogP contribution in [0.5, 0.6) is 5.75 Å². The molecule has 0 saturated heterocycles. The topological polar surface area (TPSA) is 59.9 Å². The van der Waals surface area contributed by atoms with Gasteiger partial charge in [-0.2, -0.15) is 16.7 Å². The summed E-state index contributed by atoms with van der Waals surface area (Å²) in [6.45, 7) is 0. The van der Waals surface area contributed by atoms with Crippen molar-refractivity contribution in [2.75, 3.05) is 18.7 Å². The third-order valence-electron chi connectivity index (χ3n) is 3.47. The Labute approximate surface area is 149 Å². The van der Waals surface area contributed by atoms with Crippen molar-refractivity contribution in [3.8, 4) is 17.1 Å². The van der Waals surface area contributed by atoms with Crippen LogP contribution in [0.2, 0.25) is 0 Å². The number of anilines is 2. The van der Waals surface area contributed by atoms with Gasteiger partial charge < -0.3 is 10.1 Å². The Kier molecular flexibility index (Phi) is 5.45. The smallest absolute Gasteiger partial charge is 0.230 e. The van der Waals surface area contributed by atoms with E-state index in [9.17, 15) is 4.39 Å².